The van der Waals surface area contributed by atoms with Gasteiger partial charge < -0.3 is 15.0 Å². The average molecular weight is 301 g/mol. The van der Waals surface area contributed by atoms with Crippen LogP contribution in [0.3, 0.4) is 0 Å². The van der Waals surface area contributed by atoms with Crippen LogP contribution in [0.15, 0.2) is 21.7 Å². The first-order valence-corrected chi connectivity index (χ1v) is 6.49. The first-order chi connectivity index (χ1) is 7.87. The Morgan fingerprint density at radius 1 is 1.59 bits per heavy atom. The summed E-state index contributed by atoms with van der Waals surface area (Å²) in [5.74, 6) is 0. The van der Waals surface area contributed by atoms with E-state index in [2.05, 4.69) is 29.8 Å². The summed E-state index contributed by atoms with van der Waals surface area (Å²) in [6.07, 6.45) is 5.72. The number of hydrogen-bond donors (Lipinski definition) is 1. The summed E-state index contributed by atoms with van der Waals surface area (Å²) in [5.41, 5.74) is 5.71. The standard InChI is InChI=1S/C12H17BrN2O2/c1-12(2)4-3-8(17-12)5-15-6-9(13)11(16)10(14)7-15/h6-8H,3-5,14H2,1-2H3. The van der Waals surface area contributed by atoms with Crippen molar-refractivity contribution in [3.8, 4) is 0 Å². The summed E-state index contributed by atoms with van der Waals surface area (Å²) in [6, 6.07) is 0. The van der Waals surface area contributed by atoms with Crippen molar-refractivity contribution in [2.24, 2.45) is 0 Å². The monoisotopic (exact) mass is 300 g/mol. The van der Waals surface area contributed by atoms with Gasteiger partial charge in [-0.25, -0.2) is 0 Å². The van der Waals surface area contributed by atoms with Crippen LogP contribution in [0.5, 0.6) is 0 Å². The van der Waals surface area contributed by atoms with Crippen molar-refractivity contribution in [1.29, 1.82) is 0 Å². The first kappa shape index (κ1) is 12.6. The topological polar surface area (TPSA) is 57.2 Å². The summed E-state index contributed by atoms with van der Waals surface area (Å²) >= 11 is 3.21. The van der Waals surface area contributed by atoms with E-state index >= 15 is 0 Å². The molecule has 2 rings (SSSR count). The third-order valence-electron chi connectivity index (χ3n) is 3.03. The minimum absolute atomic E-state index is 0.0352. The molecule has 1 unspecified atom stereocenters. The fraction of sp³-hybridized carbons (Fsp3) is 0.583. The minimum Gasteiger partial charge on any atom is -0.394 e. The first-order valence-electron chi connectivity index (χ1n) is 5.70. The van der Waals surface area contributed by atoms with Gasteiger partial charge in [-0.2, -0.15) is 0 Å². The summed E-state index contributed by atoms with van der Waals surface area (Å²) in [7, 11) is 0. The second-order valence-electron chi connectivity index (χ2n) is 5.13. The Hall–Kier alpha value is -0.810. The number of rotatable bonds is 2. The number of nitrogens with zero attached hydrogens (tertiary/aromatic N) is 1. The van der Waals surface area contributed by atoms with Gasteiger partial charge in [0.05, 0.1) is 21.9 Å². The van der Waals surface area contributed by atoms with E-state index in [-0.39, 0.29) is 22.8 Å². The van der Waals surface area contributed by atoms with Crippen molar-refractivity contribution in [3.63, 3.8) is 0 Å². The van der Waals surface area contributed by atoms with Crippen molar-refractivity contribution in [2.75, 3.05) is 5.73 Å². The third-order valence-corrected chi connectivity index (χ3v) is 3.60. The highest BCUT2D eigenvalue weighted by molar-refractivity contribution is 9.10. The lowest BCUT2D eigenvalue weighted by molar-refractivity contribution is -0.0217. The quantitative estimate of drug-likeness (QED) is 0.910. The zero-order chi connectivity index (χ0) is 12.6. The number of ether oxygens (including phenoxy) is 1. The molecule has 4 nitrogen and oxygen atoms in total. The van der Waals surface area contributed by atoms with Gasteiger partial charge in [0.25, 0.3) is 0 Å². The third kappa shape index (κ3) is 2.90. The molecule has 0 aliphatic carbocycles. The van der Waals surface area contributed by atoms with Gasteiger partial charge in [0.15, 0.2) is 0 Å². The molecule has 1 atom stereocenters. The van der Waals surface area contributed by atoms with Gasteiger partial charge in [0, 0.05) is 18.9 Å². The molecule has 1 aliphatic heterocycles. The van der Waals surface area contributed by atoms with Crippen LogP contribution >= 0.6 is 15.9 Å². The van der Waals surface area contributed by atoms with Crippen molar-refractivity contribution in [3.05, 3.63) is 27.1 Å². The number of nitrogens with two attached hydrogens (primary N) is 1. The van der Waals surface area contributed by atoms with Crippen LogP contribution in [0.1, 0.15) is 26.7 Å². The van der Waals surface area contributed by atoms with E-state index in [1.165, 1.54) is 0 Å². The van der Waals surface area contributed by atoms with Crippen LogP contribution in [0.2, 0.25) is 0 Å². The fourth-order valence-corrected chi connectivity index (χ4v) is 2.66. The molecule has 0 spiro atoms. The second-order valence-corrected chi connectivity index (χ2v) is 5.98. The van der Waals surface area contributed by atoms with Crippen LogP contribution in [-0.4, -0.2) is 16.3 Å². The highest BCUT2D eigenvalue weighted by atomic mass is 79.9. The molecule has 94 valence electrons. The lowest BCUT2D eigenvalue weighted by atomic mass is 10.1. The number of nitrogen functional groups attached to an aromatic ring is 1. The molecule has 2 N–H and O–H groups in total. The van der Waals surface area contributed by atoms with E-state index in [0.717, 1.165) is 19.4 Å². The molecule has 1 aromatic rings. The van der Waals surface area contributed by atoms with Crippen molar-refractivity contribution in [1.82, 2.24) is 4.57 Å². The zero-order valence-corrected chi connectivity index (χ0v) is 11.7. The molecule has 17 heavy (non-hydrogen) atoms. The van der Waals surface area contributed by atoms with Crippen molar-refractivity contribution in [2.45, 2.75) is 44.9 Å². The Bertz CT molecular complexity index is 456. The number of hydrogen-bond acceptors (Lipinski definition) is 3. The summed E-state index contributed by atoms with van der Waals surface area (Å²) in [4.78, 5) is 11.4. The largest absolute Gasteiger partial charge is 0.394 e. The van der Waals surface area contributed by atoms with E-state index < -0.39 is 0 Å². The van der Waals surface area contributed by atoms with Crippen LogP contribution in [-0.2, 0) is 11.3 Å². The van der Waals surface area contributed by atoms with E-state index in [1.807, 2.05) is 4.57 Å². The van der Waals surface area contributed by atoms with Crippen LogP contribution < -0.4 is 11.2 Å². The lowest BCUT2D eigenvalue weighted by Gasteiger charge is -2.20. The fourth-order valence-electron chi connectivity index (χ4n) is 2.16. The lowest BCUT2D eigenvalue weighted by Crippen LogP contribution is -2.24. The molecule has 1 fully saturated rings. The van der Waals surface area contributed by atoms with Gasteiger partial charge >= 0.3 is 0 Å². The highest BCUT2D eigenvalue weighted by Crippen LogP contribution is 2.30. The maximum absolute atomic E-state index is 11.4. The van der Waals surface area contributed by atoms with Crippen molar-refractivity contribution >= 4 is 21.6 Å². The van der Waals surface area contributed by atoms with Gasteiger partial charge in [0.1, 0.15) is 0 Å². The van der Waals surface area contributed by atoms with Crippen LogP contribution in [0.4, 0.5) is 5.69 Å². The van der Waals surface area contributed by atoms with Gasteiger partial charge in [-0.05, 0) is 42.6 Å². The minimum atomic E-state index is -0.158. The van der Waals surface area contributed by atoms with E-state index in [9.17, 15) is 4.79 Å². The summed E-state index contributed by atoms with van der Waals surface area (Å²) in [5, 5.41) is 0. The van der Waals surface area contributed by atoms with E-state index in [4.69, 9.17) is 10.5 Å². The Morgan fingerprint density at radius 3 is 2.82 bits per heavy atom. The maximum atomic E-state index is 11.4. The molecule has 1 saturated heterocycles. The predicted octanol–water partition coefficient (Wildman–Crippen LogP) is 2.15. The SMILES string of the molecule is CC1(C)CCC(Cn2cc(N)c(=O)c(Br)c2)O1. The molecular formula is C12H17BrN2O2. The predicted molar refractivity (Wildman–Crippen MR) is 71.0 cm³/mol. The van der Waals surface area contributed by atoms with Crippen molar-refractivity contribution < 1.29 is 4.74 Å². The molecule has 2 heterocycles. The Morgan fingerprint density at radius 2 is 2.29 bits per heavy atom. The number of aromatic nitrogens is 1. The molecule has 1 aromatic heterocycles. The van der Waals surface area contributed by atoms with Crippen LogP contribution in [0, 0.1) is 0 Å². The zero-order valence-electron chi connectivity index (χ0n) is 10.1. The van der Waals surface area contributed by atoms with Gasteiger partial charge in [-0.15, -0.1) is 0 Å². The summed E-state index contributed by atoms with van der Waals surface area (Å²) in [6.45, 7) is 4.93. The summed E-state index contributed by atoms with van der Waals surface area (Å²) < 4.78 is 8.31. The number of halogens is 1. The van der Waals surface area contributed by atoms with Gasteiger partial charge in [-0.1, -0.05) is 0 Å². The molecule has 1 aliphatic rings. The Kier molecular flexibility index (Phi) is 3.32. The Labute approximate surface area is 109 Å². The second kappa shape index (κ2) is 4.46. The molecule has 5 heteroatoms. The number of pyridine rings is 1. The van der Waals surface area contributed by atoms with E-state index in [0.29, 0.717) is 4.47 Å². The molecule has 0 aromatic carbocycles. The molecular weight excluding hydrogens is 284 g/mol. The normalized spacial score (nSPS) is 22.9. The average Bonchev–Trinajstić information content (AvgIpc) is 2.54. The van der Waals surface area contributed by atoms with Gasteiger partial charge in [0.2, 0.25) is 5.43 Å². The molecule has 0 radical (unpaired) electrons. The Balaban J connectivity index is 2.13. The van der Waals surface area contributed by atoms with Gasteiger partial charge in [-0.3, -0.25) is 4.79 Å². The molecule has 0 amide bonds. The molecule has 0 bridgehead atoms. The molecule has 0 saturated carbocycles. The highest BCUT2D eigenvalue weighted by Gasteiger charge is 2.31. The number of anilines is 1. The smallest absolute Gasteiger partial charge is 0.218 e. The van der Waals surface area contributed by atoms with E-state index in [1.54, 1.807) is 12.4 Å². The van der Waals surface area contributed by atoms with Crippen LogP contribution in [0.25, 0.3) is 0 Å². The maximum Gasteiger partial charge on any atom is 0.218 e.